The molecule has 1 amide bonds. The van der Waals surface area contributed by atoms with Crippen LogP contribution in [-0.2, 0) is 29.0 Å². The molecule has 1 aromatic carbocycles. The van der Waals surface area contributed by atoms with Crippen LogP contribution in [0.5, 0.6) is 0 Å². The first kappa shape index (κ1) is 27.7. The van der Waals surface area contributed by atoms with E-state index in [1.807, 2.05) is 0 Å². The molecule has 0 unspecified atom stereocenters. The van der Waals surface area contributed by atoms with E-state index in [2.05, 4.69) is 10.2 Å². The van der Waals surface area contributed by atoms with Gasteiger partial charge in [0.1, 0.15) is 0 Å². The maximum Gasteiger partial charge on any atom is 0.243 e. The van der Waals surface area contributed by atoms with E-state index in [0.717, 1.165) is 39.3 Å². The van der Waals surface area contributed by atoms with Crippen LogP contribution in [0, 0.1) is 0 Å². The number of carbonyl (C=O) groups is 1. The van der Waals surface area contributed by atoms with Crippen molar-refractivity contribution in [3.63, 3.8) is 0 Å². The Morgan fingerprint density at radius 1 is 1.17 bits per heavy atom. The number of fused-ring (bicyclic) bond motifs is 1. The number of hydrogen-bond donors (Lipinski definition) is 2. The third kappa shape index (κ3) is 7.38. The van der Waals surface area contributed by atoms with Crippen molar-refractivity contribution in [1.29, 1.82) is 0 Å². The fourth-order valence-corrected chi connectivity index (χ4v) is 6.99. The first-order valence-electron chi connectivity index (χ1n) is 12.6. The summed E-state index contributed by atoms with van der Waals surface area (Å²) in [6.45, 7) is 4.93. The molecule has 0 aromatic heterocycles. The van der Waals surface area contributed by atoms with Crippen molar-refractivity contribution in [2.24, 2.45) is 0 Å². The van der Waals surface area contributed by atoms with Crippen LogP contribution in [0.2, 0.25) is 5.02 Å². The number of ether oxygens (including phenoxy) is 3. The van der Waals surface area contributed by atoms with E-state index >= 15 is 0 Å². The third-order valence-corrected chi connectivity index (χ3v) is 8.95. The Balaban J connectivity index is 1.33. The molecule has 2 N–H and O–H groups in total. The monoisotopic (exact) mass is 545 g/mol. The molecule has 3 fully saturated rings. The van der Waals surface area contributed by atoms with E-state index < -0.39 is 28.3 Å². The molecule has 0 saturated carbocycles. The minimum Gasteiger partial charge on any atom is -0.389 e. The number of amides is 1. The van der Waals surface area contributed by atoms with Crippen LogP contribution in [0.3, 0.4) is 0 Å². The predicted molar refractivity (Wildman–Crippen MR) is 133 cm³/mol. The largest absolute Gasteiger partial charge is 0.389 e. The molecule has 0 bridgehead atoms. The highest BCUT2D eigenvalue weighted by Crippen LogP contribution is 2.32. The van der Waals surface area contributed by atoms with Gasteiger partial charge >= 0.3 is 0 Å². The Bertz CT molecular complexity index is 976. The van der Waals surface area contributed by atoms with Gasteiger partial charge in [-0.25, -0.2) is 8.42 Å². The molecule has 0 aliphatic carbocycles. The number of benzene rings is 1. The van der Waals surface area contributed by atoms with Crippen molar-refractivity contribution < 1.29 is 32.5 Å². The van der Waals surface area contributed by atoms with E-state index in [9.17, 15) is 18.3 Å². The van der Waals surface area contributed by atoms with Gasteiger partial charge in [0.15, 0.2) is 0 Å². The third-order valence-electron chi connectivity index (χ3n) is 6.83. The average Bonchev–Trinajstić information content (AvgIpc) is 2.85. The summed E-state index contributed by atoms with van der Waals surface area (Å²) in [5, 5.41) is 13.6. The van der Waals surface area contributed by atoms with E-state index in [1.165, 1.54) is 16.4 Å². The Hall–Kier alpha value is -1.31. The van der Waals surface area contributed by atoms with Crippen molar-refractivity contribution in [2.75, 3.05) is 59.2 Å². The van der Waals surface area contributed by atoms with Crippen LogP contribution in [0.1, 0.15) is 25.7 Å². The highest BCUT2D eigenvalue weighted by Gasteiger charge is 2.43. The summed E-state index contributed by atoms with van der Waals surface area (Å²) in [6.07, 6.45) is 0.281. The number of carbonyl (C=O) groups excluding carboxylic acids is 1. The minimum absolute atomic E-state index is 0.00242. The van der Waals surface area contributed by atoms with Crippen LogP contribution < -0.4 is 5.32 Å². The normalized spacial score (nSPS) is 28.6. The number of hydrogen-bond acceptors (Lipinski definition) is 8. The van der Waals surface area contributed by atoms with Crippen LogP contribution in [0.25, 0.3) is 0 Å². The summed E-state index contributed by atoms with van der Waals surface area (Å²) in [5.41, 5.74) is 0. The number of sulfonamides is 1. The Kier molecular flexibility index (Phi) is 9.98. The summed E-state index contributed by atoms with van der Waals surface area (Å²) in [5.74, 6) is -0.0778. The molecule has 4 atom stereocenters. The first-order valence-corrected chi connectivity index (χ1v) is 14.4. The first-order chi connectivity index (χ1) is 17.3. The van der Waals surface area contributed by atoms with Crippen LogP contribution in [0.15, 0.2) is 29.2 Å². The summed E-state index contributed by atoms with van der Waals surface area (Å²) in [4.78, 5) is 14.9. The second kappa shape index (κ2) is 13.0. The number of nitrogens with one attached hydrogen (secondary N) is 1. The van der Waals surface area contributed by atoms with Crippen LogP contribution in [-0.4, -0.2) is 112 Å². The van der Waals surface area contributed by atoms with Crippen molar-refractivity contribution in [1.82, 2.24) is 14.5 Å². The van der Waals surface area contributed by atoms with Gasteiger partial charge in [0.25, 0.3) is 0 Å². The van der Waals surface area contributed by atoms with Gasteiger partial charge < -0.3 is 24.6 Å². The van der Waals surface area contributed by atoms with Gasteiger partial charge in [-0.1, -0.05) is 17.7 Å². The minimum atomic E-state index is -3.93. The molecule has 1 aromatic rings. The Labute approximate surface area is 217 Å². The van der Waals surface area contributed by atoms with Crippen molar-refractivity contribution in [2.45, 2.75) is 54.9 Å². The number of aliphatic hydroxyl groups is 1. The van der Waals surface area contributed by atoms with Crippen LogP contribution in [0.4, 0.5) is 0 Å². The lowest BCUT2D eigenvalue weighted by molar-refractivity contribution is -0.146. The van der Waals surface area contributed by atoms with Gasteiger partial charge in [-0.3, -0.25) is 9.69 Å². The molecule has 0 radical (unpaired) electrons. The second-order valence-electron chi connectivity index (χ2n) is 9.53. The van der Waals surface area contributed by atoms with Crippen LogP contribution >= 0.6 is 11.6 Å². The molecule has 202 valence electrons. The SMILES string of the molecule is O=C(C[C@H]1CC[C@H]2[C@@H](COC[C@@H](O)CN2S(=O)(=O)c2cccc(Cl)c2)O1)NCCCN1CCOCC1. The fraction of sp³-hybridized carbons (Fsp3) is 0.708. The lowest BCUT2D eigenvalue weighted by atomic mass is 9.96. The van der Waals surface area contributed by atoms with Gasteiger partial charge in [-0.15, -0.1) is 0 Å². The Morgan fingerprint density at radius 3 is 2.75 bits per heavy atom. The van der Waals surface area contributed by atoms with E-state index in [0.29, 0.717) is 24.4 Å². The second-order valence-corrected chi connectivity index (χ2v) is 11.9. The van der Waals surface area contributed by atoms with Gasteiger partial charge in [0.2, 0.25) is 15.9 Å². The average molecular weight is 546 g/mol. The quantitative estimate of drug-likeness (QED) is 0.462. The van der Waals surface area contributed by atoms with Gasteiger partial charge in [0, 0.05) is 31.2 Å². The number of aliphatic hydroxyl groups excluding tert-OH is 1. The number of halogens is 1. The molecular weight excluding hydrogens is 510 g/mol. The molecule has 3 aliphatic heterocycles. The fourth-order valence-electron chi connectivity index (χ4n) is 4.97. The number of nitrogens with zero attached hydrogens (tertiary/aromatic N) is 2. The highest BCUT2D eigenvalue weighted by atomic mass is 35.5. The molecule has 10 nitrogen and oxygen atoms in total. The maximum absolute atomic E-state index is 13.5. The van der Waals surface area contributed by atoms with Gasteiger partial charge in [-0.05, 0) is 44.0 Å². The number of morpholine rings is 1. The molecular formula is C24H36ClN3O7S. The lowest BCUT2D eigenvalue weighted by Crippen LogP contribution is -2.57. The molecule has 12 heteroatoms. The maximum atomic E-state index is 13.5. The zero-order chi connectivity index (χ0) is 25.5. The smallest absolute Gasteiger partial charge is 0.243 e. The van der Waals surface area contributed by atoms with E-state index in [-0.39, 0.29) is 43.1 Å². The molecule has 4 rings (SSSR count). The molecule has 0 spiro atoms. The summed E-state index contributed by atoms with van der Waals surface area (Å²) >= 11 is 6.04. The molecule has 3 heterocycles. The van der Waals surface area contributed by atoms with E-state index in [1.54, 1.807) is 12.1 Å². The predicted octanol–water partition coefficient (Wildman–Crippen LogP) is 0.867. The number of rotatable bonds is 8. The van der Waals surface area contributed by atoms with Crippen molar-refractivity contribution in [3.8, 4) is 0 Å². The Morgan fingerprint density at radius 2 is 1.97 bits per heavy atom. The summed E-state index contributed by atoms with van der Waals surface area (Å²) in [6, 6.07) is 5.58. The molecule has 3 saturated heterocycles. The highest BCUT2D eigenvalue weighted by molar-refractivity contribution is 7.89. The van der Waals surface area contributed by atoms with Crippen molar-refractivity contribution >= 4 is 27.5 Å². The molecule has 3 aliphatic rings. The topological polar surface area (TPSA) is 118 Å². The zero-order valence-corrected chi connectivity index (χ0v) is 22.0. The van der Waals surface area contributed by atoms with Crippen molar-refractivity contribution in [3.05, 3.63) is 29.3 Å². The van der Waals surface area contributed by atoms with Gasteiger partial charge in [0.05, 0.1) is 62.1 Å². The van der Waals surface area contributed by atoms with E-state index in [4.69, 9.17) is 25.8 Å². The molecule has 36 heavy (non-hydrogen) atoms. The summed E-state index contributed by atoms with van der Waals surface area (Å²) < 4.78 is 45.5. The van der Waals surface area contributed by atoms with Gasteiger partial charge in [-0.2, -0.15) is 4.31 Å². The summed E-state index contributed by atoms with van der Waals surface area (Å²) in [7, 11) is -3.93. The zero-order valence-electron chi connectivity index (χ0n) is 20.4. The lowest BCUT2D eigenvalue weighted by Gasteiger charge is -2.43. The standard InChI is InChI=1S/C24H36ClN3O7S/c25-18-3-1-4-21(13-18)36(31,32)28-15-19(29)16-34-17-23-22(28)6-5-20(35-23)14-24(30)26-7-2-8-27-9-11-33-12-10-27/h1,3-4,13,19-20,22-23,29H,2,5-12,14-17H2,(H,26,30)/t19-,20+,22-,23+/m0/s1. The number of β-amino-alcohol motifs (C(OH)–C–C–N with tert-alkyl or cyclic N) is 1.